The highest BCUT2D eigenvalue weighted by molar-refractivity contribution is 5.57. The van der Waals surface area contributed by atoms with Gasteiger partial charge in [0.1, 0.15) is 0 Å². The summed E-state index contributed by atoms with van der Waals surface area (Å²) >= 11 is 0. The van der Waals surface area contributed by atoms with Gasteiger partial charge in [0.05, 0.1) is 0 Å². The van der Waals surface area contributed by atoms with Gasteiger partial charge in [-0.3, -0.25) is 0 Å². The third kappa shape index (κ3) is 1.35. The van der Waals surface area contributed by atoms with E-state index in [1.54, 1.807) is 0 Å². The maximum Gasteiger partial charge on any atom is 0.0187 e. The smallest absolute Gasteiger partial charge is 0.0187 e. The lowest BCUT2D eigenvalue weighted by molar-refractivity contribution is 0.233. The second kappa shape index (κ2) is 3.52. The zero-order valence-electron chi connectivity index (χ0n) is 10.1. The van der Waals surface area contributed by atoms with Crippen LogP contribution in [0.2, 0.25) is 0 Å². The normalized spacial score (nSPS) is 22.0. The van der Waals surface area contributed by atoms with Gasteiger partial charge in [-0.15, -0.1) is 0 Å². The Kier molecular flexibility index (Phi) is 2.46. The first kappa shape index (κ1) is 10.5. The molecule has 0 aromatic heterocycles. The lowest BCUT2D eigenvalue weighted by Crippen LogP contribution is -2.34. The van der Waals surface area contributed by atoms with Gasteiger partial charge >= 0.3 is 0 Å². The fourth-order valence-electron chi connectivity index (χ4n) is 3.05. The van der Waals surface area contributed by atoms with E-state index in [9.17, 15) is 0 Å². The van der Waals surface area contributed by atoms with Crippen LogP contribution in [0.15, 0.2) is 47.6 Å². The van der Waals surface area contributed by atoms with Gasteiger partial charge in [-0.25, -0.2) is 0 Å². The molecule has 0 aliphatic heterocycles. The molecule has 0 heteroatoms. The number of rotatable bonds is 2. The van der Waals surface area contributed by atoms with Crippen LogP contribution >= 0.6 is 0 Å². The lowest BCUT2D eigenvalue weighted by atomic mass is 9.61. The largest absolute Gasteiger partial charge is 0.0734 e. The standard InChI is InChI=1S/C15H20/c1-11(2)15(12(3)4)10-6-8-13-7-5-9-14(13)15/h5-12H,1-4H3. The van der Waals surface area contributed by atoms with E-state index in [2.05, 4.69) is 64.2 Å². The van der Waals surface area contributed by atoms with Gasteiger partial charge < -0.3 is 0 Å². The van der Waals surface area contributed by atoms with Crippen molar-refractivity contribution in [1.29, 1.82) is 0 Å². The van der Waals surface area contributed by atoms with Crippen LogP contribution in [0.1, 0.15) is 27.7 Å². The maximum absolute atomic E-state index is 2.39. The van der Waals surface area contributed by atoms with Crippen LogP contribution in [-0.4, -0.2) is 0 Å². The molecule has 0 unspecified atom stereocenters. The summed E-state index contributed by atoms with van der Waals surface area (Å²) in [4.78, 5) is 0. The minimum Gasteiger partial charge on any atom is -0.0734 e. The molecule has 2 aliphatic carbocycles. The Morgan fingerprint density at radius 1 is 0.933 bits per heavy atom. The molecule has 0 spiro atoms. The van der Waals surface area contributed by atoms with E-state index in [0.717, 1.165) is 0 Å². The van der Waals surface area contributed by atoms with E-state index < -0.39 is 0 Å². The number of allylic oxidation sites excluding steroid dienone is 8. The summed E-state index contributed by atoms with van der Waals surface area (Å²) in [5.74, 6) is 1.28. The molecule has 0 nitrogen and oxygen atoms in total. The van der Waals surface area contributed by atoms with Crippen LogP contribution < -0.4 is 0 Å². The van der Waals surface area contributed by atoms with Gasteiger partial charge in [-0.05, 0) is 23.0 Å². The van der Waals surface area contributed by atoms with E-state index in [1.807, 2.05) is 0 Å². The Morgan fingerprint density at radius 3 is 2.20 bits per heavy atom. The summed E-state index contributed by atoms with van der Waals surface area (Å²) in [7, 11) is 0. The monoisotopic (exact) mass is 200 g/mol. The number of fused-ring (bicyclic) bond motifs is 1. The van der Waals surface area contributed by atoms with Crippen LogP contribution in [0, 0.1) is 17.3 Å². The number of hydrogen-bond donors (Lipinski definition) is 0. The van der Waals surface area contributed by atoms with Crippen molar-refractivity contribution in [2.45, 2.75) is 27.7 Å². The molecular formula is C15H20. The summed E-state index contributed by atoms with van der Waals surface area (Å²) in [6, 6.07) is 0. The summed E-state index contributed by atoms with van der Waals surface area (Å²) in [5.41, 5.74) is 3.14. The van der Waals surface area contributed by atoms with Crippen molar-refractivity contribution in [3.05, 3.63) is 47.6 Å². The van der Waals surface area contributed by atoms with E-state index >= 15 is 0 Å². The van der Waals surface area contributed by atoms with E-state index in [4.69, 9.17) is 0 Å². The molecule has 0 radical (unpaired) electrons. The van der Waals surface area contributed by atoms with Gasteiger partial charge in [0.15, 0.2) is 0 Å². The Labute approximate surface area is 93.1 Å². The van der Waals surface area contributed by atoms with Crippen LogP contribution in [0.5, 0.6) is 0 Å². The summed E-state index contributed by atoms with van der Waals surface area (Å²) in [6.07, 6.45) is 13.5. The van der Waals surface area contributed by atoms with Crippen molar-refractivity contribution < 1.29 is 0 Å². The lowest BCUT2D eigenvalue weighted by Gasteiger charge is -2.42. The molecule has 2 rings (SSSR count). The van der Waals surface area contributed by atoms with Gasteiger partial charge in [0.2, 0.25) is 0 Å². The molecule has 80 valence electrons. The molecule has 0 saturated heterocycles. The van der Waals surface area contributed by atoms with Crippen molar-refractivity contribution in [2.24, 2.45) is 17.3 Å². The topological polar surface area (TPSA) is 0 Å². The minimum atomic E-state index is 0.230. The highest BCUT2D eigenvalue weighted by Crippen LogP contribution is 2.50. The Bertz CT molecular complexity index is 365. The van der Waals surface area contributed by atoms with Crippen LogP contribution in [0.25, 0.3) is 0 Å². The molecule has 0 saturated carbocycles. The molecule has 0 atom stereocenters. The minimum absolute atomic E-state index is 0.230. The van der Waals surface area contributed by atoms with Gasteiger partial charge in [-0.2, -0.15) is 0 Å². The fourth-order valence-corrected chi connectivity index (χ4v) is 3.05. The van der Waals surface area contributed by atoms with Crippen LogP contribution in [-0.2, 0) is 0 Å². The zero-order valence-corrected chi connectivity index (χ0v) is 10.1. The second-order valence-electron chi connectivity index (χ2n) is 5.16. The van der Waals surface area contributed by atoms with Crippen molar-refractivity contribution in [3.8, 4) is 0 Å². The number of hydrogen-bond acceptors (Lipinski definition) is 0. The molecular weight excluding hydrogens is 180 g/mol. The molecule has 15 heavy (non-hydrogen) atoms. The average Bonchev–Trinajstić information content (AvgIpc) is 2.63. The predicted octanol–water partition coefficient (Wildman–Crippen LogP) is 4.28. The first-order chi connectivity index (χ1) is 7.09. The molecule has 0 heterocycles. The zero-order chi connectivity index (χ0) is 11.1. The third-order valence-corrected chi connectivity index (χ3v) is 3.87. The Balaban J connectivity index is 2.52. The van der Waals surface area contributed by atoms with Gasteiger partial charge in [0.25, 0.3) is 0 Å². The predicted molar refractivity (Wildman–Crippen MR) is 66.6 cm³/mol. The van der Waals surface area contributed by atoms with Crippen molar-refractivity contribution >= 4 is 0 Å². The Morgan fingerprint density at radius 2 is 1.60 bits per heavy atom. The molecule has 0 fully saturated rings. The van der Waals surface area contributed by atoms with Crippen molar-refractivity contribution in [2.75, 3.05) is 0 Å². The van der Waals surface area contributed by atoms with E-state index in [1.165, 1.54) is 11.1 Å². The highest BCUT2D eigenvalue weighted by atomic mass is 14.4. The maximum atomic E-state index is 2.39. The SMILES string of the molecule is CC(C)C1(C(C)C)C=CC=C2C=CC=C21. The molecule has 0 N–H and O–H groups in total. The fraction of sp³-hybridized carbons (Fsp3) is 0.467. The van der Waals surface area contributed by atoms with E-state index in [-0.39, 0.29) is 5.41 Å². The quantitative estimate of drug-likeness (QED) is 0.624. The summed E-state index contributed by atoms with van der Waals surface area (Å²) in [6.45, 7) is 9.30. The Hall–Kier alpha value is -1.04. The van der Waals surface area contributed by atoms with Crippen molar-refractivity contribution in [3.63, 3.8) is 0 Å². The highest BCUT2D eigenvalue weighted by Gasteiger charge is 2.40. The molecule has 0 aromatic carbocycles. The third-order valence-electron chi connectivity index (χ3n) is 3.87. The molecule has 0 bridgehead atoms. The summed E-state index contributed by atoms with van der Waals surface area (Å²) in [5, 5.41) is 0. The second-order valence-corrected chi connectivity index (χ2v) is 5.16. The molecule has 2 aliphatic rings. The first-order valence-electron chi connectivity index (χ1n) is 5.87. The summed E-state index contributed by atoms with van der Waals surface area (Å²) < 4.78 is 0. The van der Waals surface area contributed by atoms with Crippen LogP contribution in [0.3, 0.4) is 0 Å². The first-order valence-corrected chi connectivity index (χ1v) is 5.87. The van der Waals surface area contributed by atoms with E-state index in [0.29, 0.717) is 11.8 Å². The van der Waals surface area contributed by atoms with Crippen molar-refractivity contribution in [1.82, 2.24) is 0 Å². The average molecular weight is 200 g/mol. The van der Waals surface area contributed by atoms with Gasteiger partial charge in [-0.1, -0.05) is 64.2 Å². The molecule has 0 aromatic rings. The van der Waals surface area contributed by atoms with Crippen LogP contribution in [0.4, 0.5) is 0 Å². The molecule has 0 amide bonds. The van der Waals surface area contributed by atoms with Gasteiger partial charge in [0, 0.05) is 5.41 Å².